The second-order valence-corrected chi connectivity index (χ2v) is 5.54. The summed E-state index contributed by atoms with van der Waals surface area (Å²) in [7, 11) is 0. The molecular formula is C13H24N4O2. The highest BCUT2D eigenvalue weighted by atomic mass is 16.6. The van der Waals surface area contributed by atoms with E-state index in [9.17, 15) is 10.1 Å². The van der Waals surface area contributed by atoms with Crippen molar-refractivity contribution in [2.24, 2.45) is 5.92 Å². The molecule has 1 heterocycles. The van der Waals surface area contributed by atoms with Gasteiger partial charge in [0, 0.05) is 12.6 Å². The molecule has 0 saturated heterocycles. The number of nitro groups is 1. The van der Waals surface area contributed by atoms with Crippen LogP contribution in [-0.4, -0.2) is 21.2 Å². The number of rotatable bonds is 7. The van der Waals surface area contributed by atoms with Gasteiger partial charge in [-0.3, -0.25) is 10.1 Å². The number of aromatic nitrogens is 2. The Morgan fingerprint density at radius 2 is 2.00 bits per heavy atom. The summed E-state index contributed by atoms with van der Waals surface area (Å²) in [6.07, 6.45) is 2.10. The van der Waals surface area contributed by atoms with Crippen molar-refractivity contribution in [1.82, 2.24) is 9.78 Å². The first kappa shape index (κ1) is 15.5. The minimum Gasteiger partial charge on any atom is -0.365 e. The Morgan fingerprint density at radius 1 is 1.37 bits per heavy atom. The molecule has 0 fully saturated rings. The average molecular weight is 268 g/mol. The number of nitrogens with one attached hydrogen (secondary N) is 1. The highest BCUT2D eigenvalue weighted by Crippen LogP contribution is 2.30. The lowest BCUT2D eigenvalue weighted by molar-refractivity contribution is -0.384. The molecule has 1 aromatic heterocycles. The van der Waals surface area contributed by atoms with Gasteiger partial charge in [0.1, 0.15) is 5.69 Å². The van der Waals surface area contributed by atoms with Crippen molar-refractivity contribution >= 4 is 11.5 Å². The van der Waals surface area contributed by atoms with Crippen molar-refractivity contribution in [3.8, 4) is 0 Å². The lowest BCUT2D eigenvalue weighted by Crippen LogP contribution is -2.12. The molecule has 0 aromatic carbocycles. The van der Waals surface area contributed by atoms with Crippen LogP contribution in [-0.2, 0) is 0 Å². The maximum atomic E-state index is 11.1. The van der Waals surface area contributed by atoms with Gasteiger partial charge in [-0.1, -0.05) is 13.8 Å². The van der Waals surface area contributed by atoms with E-state index in [1.54, 1.807) is 11.6 Å². The Kier molecular flexibility index (Phi) is 5.32. The van der Waals surface area contributed by atoms with E-state index >= 15 is 0 Å². The molecule has 19 heavy (non-hydrogen) atoms. The van der Waals surface area contributed by atoms with Gasteiger partial charge in [0.2, 0.25) is 5.82 Å². The predicted molar refractivity (Wildman–Crippen MR) is 76.6 cm³/mol. The van der Waals surface area contributed by atoms with Crippen molar-refractivity contribution in [1.29, 1.82) is 0 Å². The zero-order valence-corrected chi connectivity index (χ0v) is 12.4. The Bertz CT molecular complexity index is 438. The first-order valence-electron chi connectivity index (χ1n) is 6.82. The van der Waals surface area contributed by atoms with Crippen LogP contribution in [0.15, 0.2) is 0 Å². The smallest absolute Gasteiger partial charge is 0.333 e. The van der Waals surface area contributed by atoms with Crippen LogP contribution in [0.1, 0.15) is 52.3 Å². The molecule has 1 N–H and O–H groups in total. The maximum Gasteiger partial charge on any atom is 0.333 e. The molecule has 0 aliphatic rings. The van der Waals surface area contributed by atoms with E-state index < -0.39 is 0 Å². The van der Waals surface area contributed by atoms with E-state index in [-0.39, 0.29) is 16.7 Å². The first-order chi connectivity index (χ1) is 8.84. The normalized spacial score (nSPS) is 11.3. The third-order valence-electron chi connectivity index (χ3n) is 2.98. The second kappa shape index (κ2) is 6.54. The highest BCUT2D eigenvalue weighted by Gasteiger charge is 2.25. The number of anilines is 1. The standard InChI is InChI=1S/C13H24N4O2/c1-9(2)7-6-8-14-13-12(17(18)19)11(5)15-16(13)10(3)4/h9-10,14H,6-8H2,1-5H3. The van der Waals surface area contributed by atoms with E-state index in [1.165, 1.54) is 0 Å². The molecule has 0 amide bonds. The SMILES string of the molecule is Cc1nn(C(C)C)c(NCCCC(C)C)c1[N+](=O)[O-]. The van der Waals surface area contributed by atoms with Gasteiger partial charge in [0.05, 0.1) is 4.92 Å². The summed E-state index contributed by atoms with van der Waals surface area (Å²) in [5.41, 5.74) is 0.559. The van der Waals surface area contributed by atoms with Crippen LogP contribution in [0.5, 0.6) is 0 Å². The largest absolute Gasteiger partial charge is 0.365 e. The van der Waals surface area contributed by atoms with Crippen LogP contribution in [0, 0.1) is 23.0 Å². The molecular weight excluding hydrogens is 244 g/mol. The molecule has 0 spiro atoms. The molecule has 6 nitrogen and oxygen atoms in total. The third kappa shape index (κ3) is 3.94. The summed E-state index contributed by atoms with van der Waals surface area (Å²) >= 11 is 0. The third-order valence-corrected chi connectivity index (χ3v) is 2.98. The summed E-state index contributed by atoms with van der Waals surface area (Å²) in [5, 5.41) is 18.6. The Morgan fingerprint density at radius 3 is 2.47 bits per heavy atom. The lowest BCUT2D eigenvalue weighted by Gasteiger charge is -2.12. The summed E-state index contributed by atoms with van der Waals surface area (Å²) in [4.78, 5) is 10.8. The Balaban J connectivity index is 2.86. The molecule has 1 rings (SSSR count). The van der Waals surface area contributed by atoms with E-state index in [0.717, 1.165) is 19.4 Å². The molecule has 0 atom stereocenters. The number of hydrogen-bond donors (Lipinski definition) is 1. The summed E-state index contributed by atoms with van der Waals surface area (Å²) in [5.74, 6) is 1.18. The number of nitrogens with zero attached hydrogens (tertiary/aromatic N) is 3. The van der Waals surface area contributed by atoms with E-state index in [0.29, 0.717) is 17.4 Å². The fraction of sp³-hybridized carbons (Fsp3) is 0.769. The lowest BCUT2D eigenvalue weighted by atomic mass is 10.1. The summed E-state index contributed by atoms with van der Waals surface area (Å²) in [6, 6.07) is 0.0972. The number of hydrogen-bond acceptors (Lipinski definition) is 4. The summed E-state index contributed by atoms with van der Waals surface area (Å²) in [6.45, 7) is 10.7. The van der Waals surface area contributed by atoms with Crippen molar-refractivity contribution in [2.75, 3.05) is 11.9 Å². The number of aryl methyl sites for hydroxylation is 1. The Hall–Kier alpha value is -1.59. The van der Waals surface area contributed by atoms with Crippen LogP contribution >= 0.6 is 0 Å². The van der Waals surface area contributed by atoms with E-state index in [2.05, 4.69) is 24.3 Å². The quantitative estimate of drug-likeness (QED) is 0.466. The highest BCUT2D eigenvalue weighted by molar-refractivity contribution is 5.59. The van der Waals surface area contributed by atoms with Crippen LogP contribution in [0.4, 0.5) is 11.5 Å². The van der Waals surface area contributed by atoms with Gasteiger partial charge in [-0.2, -0.15) is 5.10 Å². The van der Waals surface area contributed by atoms with Crippen molar-refractivity contribution in [2.45, 2.75) is 53.5 Å². The van der Waals surface area contributed by atoms with Crippen LogP contribution in [0.3, 0.4) is 0 Å². The maximum absolute atomic E-state index is 11.1. The van der Waals surface area contributed by atoms with Crippen molar-refractivity contribution < 1.29 is 4.92 Å². The molecule has 0 aliphatic heterocycles. The fourth-order valence-electron chi connectivity index (χ4n) is 2.01. The Labute approximate surface area is 114 Å². The summed E-state index contributed by atoms with van der Waals surface area (Å²) < 4.78 is 1.70. The van der Waals surface area contributed by atoms with Crippen molar-refractivity contribution in [3.63, 3.8) is 0 Å². The van der Waals surface area contributed by atoms with E-state index in [1.807, 2.05) is 13.8 Å². The minimum atomic E-state index is -0.355. The predicted octanol–water partition coefficient (Wildman–Crippen LogP) is 3.53. The van der Waals surface area contributed by atoms with Gasteiger partial charge >= 0.3 is 5.69 Å². The van der Waals surface area contributed by atoms with Crippen LogP contribution in [0.25, 0.3) is 0 Å². The molecule has 0 bridgehead atoms. The molecule has 1 aromatic rings. The van der Waals surface area contributed by atoms with Crippen LogP contribution in [0.2, 0.25) is 0 Å². The molecule has 0 radical (unpaired) electrons. The molecule has 0 aliphatic carbocycles. The van der Waals surface area contributed by atoms with Gasteiger partial charge in [-0.25, -0.2) is 4.68 Å². The van der Waals surface area contributed by atoms with Gasteiger partial charge < -0.3 is 5.32 Å². The molecule has 6 heteroatoms. The molecule has 108 valence electrons. The first-order valence-corrected chi connectivity index (χ1v) is 6.82. The van der Waals surface area contributed by atoms with Crippen LogP contribution < -0.4 is 5.32 Å². The average Bonchev–Trinajstić information content (AvgIpc) is 2.61. The minimum absolute atomic E-state index is 0.0956. The second-order valence-electron chi connectivity index (χ2n) is 5.54. The zero-order valence-electron chi connectivity index (χ0n) is 12.4. The monoisotopic (exact) mass is 268 g/mol. The van der Waals surface area contributed by atoms with Gasteiger partial charge in [-0.15, -0.1) is 0 Å². The van der Waals surface area contributed by atoms with E-state index in [4.69, 9.17) is 0 Å². The van der Waals surface area contributed by atoms with Crippen molar-refractivity contribution in [3.05, 3.63) is 15.8 Å². The molecule has 0 saturated carbocycles. The van der Waals surface area contributed by atoms with Gasteiger partial charge in [0.25, 0.3) is 0 Å². The van der Waals surface area contributed by atoms with Gasteiger partial charge in [-0.05, 0) is 39.5 Å². The molecule has 0 unspecified atom stereocenters. The fourth-order valence-corrected chi connectivity index (χ4v) is 2.01. The zero-order chi connectivity index (χ0) is 14.6. The topological polar surface area (TPSA) is 73.0 Å². The van der Waals surface area contributed by atoms with Gasteiger partial charge in [0.15, 0.2) is 0 Å².